The van der Waals surface area contributed by atoms with Gasteiger partial charge in [-0.3, -0.25) is 0 Å². The molecule has 13 heteroatoms. The predicted molar refractivity (Wildman–Crippen MR) is 139 cm³/mol. The lowest BCUT2D eigenvalue weighted by molar-refractivity contribution is 0.000163. The number of rotatable bonds is 18. The Hall–Kier alpha value is -3.78. The van der Waals surface area contributed by atoms with Crippen LogP contribution in [0.25, 0.3) is 17.4 Å². The Balaban J connectivity index is 1.10. The van der Waals surface area contributed by atoms with Gasteiger partial charge in [-0.1, -0.05) is 12.1 Å². The Kier molecular flexibility index (Phi) is 10.6. The number of aromatic nitrogens is 5. The van der Waals surface area contributed by atoms with E-state index in [4.69, 9.17) is 33.8 Å². The standard InChI is InChI=1S/C25H33N7O6/c1-33-11-12-34-13-14-35-15-16-36-17-18-37-20-6-4-19(5-7-20)8-9-27-24-29-23(26)32-25(30-24)28-22(31-32)21-3-2-10-38-21/h2-7,10H,8-9,11-18H2,1H3,(H3,26,27,28,29,30,31). The molecular formula is C25H33N7O6. The molecule has 0 aliphatic carbocycles. The third kappa shape index (κ3) is 8.38. The fourth-order valence-electron chi connectivity index (χ4n) is 3.37. The topological polar surface area (TPSA) is 153 Å². The van der Waals surface area contributed by atoms with Gasteiger partial charge in [-0.25, -0.2) is 0 Å². The average Bonchev–Trinajstić information content (AvgIpc) is 3.61. The molecule has 38 heavy (non-hydrogen) atoms. The fraction of sp³-hybridized carbons (Fsp3) is 0.440. The minimum atomic E-state index is 0.184. The van der Waals surface area contributed by atoms with Gasteiger partial charge in [0.05, 0.1) is 52.5 Å². The van der Waals surface area contributed by atoms with Crippen LogP contribution in [-0.2, 0) is 25.4 Å². The molecule has 0 unspecified atom stereocenters. The van der Waals surface area contributed by atoms with Crippen LogP contribution in [0.1, 0.15) is 5.56 Å². The molecule has 13 nitrogen and oxygen atoms in total. The van der Waals surface area contributed by atoms with Crippen LogP contribution in [0.4, 0.5) is 11.9 Å². The number of anilines is 2. The van der Waals surface area contributed by atoms with E-state index in [9.17, 15) is 0 Å². The second-order valence-electron chi connectivity index (χ2n) is 8.03. The summed E-state index contributed by atoms with van der Waals surface area (Å²) in [5, 5.41) is 7.48. The van der Waals surface area contributed by atoms with Crippen LogP contribution in [0.2, 0.25) is 0 Å². The molecule has 0 aliphatic rings. The molecule has 0 spiro atoms. The zero-order valence-electron chi connectivity index (χ0n) is 21.4. The molecule has 3 N–H and O–H groups in total. The maximum atomic E-state index is 6.03. The molecule has 0 bridgehead atoms. The van der Waals surface area contributed by atoms with Crippen molar-refractivity contribution in [3.63, 3.8) is 0 Å². The van der Waals surface area contributed by atoms with E-state index in [1.807, 2.05) is 24.3 Å². The average molecular weight is 528 g/mol. The van der Waals surface area contributed by atoms with Crippen molar-refractivity contribution in [3.8, 4) is 17.3 Å². The molecule has 4 rings (SSSR count). The Morgan fingerprint density at radius 2 is 1.58 bits per heavy atom. The zero-order chi connectivity index (χ0) is 26.4. The first-order valence-corrected chi connectivity index (χ1v) is 12.3. The van der Waals surface area contributed by atoms with Crippen molar-refractivity contribution in [1.82, 2.24) is 24.6 Å². The molecule has 0 atom stereocenters. The van der Waals surface area contributed by atoms with Gasteiger partial charge in [0, 0.05) is 13.7 Å². The number of nitrogens with zero attached hydrogens (tertiary/aromatic N) is 5. The summed E-state index contributed by atoms with van der Waals surface area (Å²) in [4.78, 5) is 13.0. The highest BCUT2D eigenvalue weighted by Crippen LogP contribution is 2.18. The summed E-state index contributed by atoms with van der Waals surface area (Å²) >= 11 is 0. The quantitative estimate of drug-likeness (QED) is 0.182. The van der Waals surface area contributed by atoms with Gasteiger partial charge in [0.1, 0.15) is 12.4 Å². The lowest BCUT2D eigenvalue weighted by Crippen LogP contribution is -2.13. The van der Waals surface area contributed by atoms with E-state index < -0.39 is 0 Å². The molecule has 0 saturated carbocycles. The number of benzene rings is 1. The zero-order valence-corrected chi connectivity index (χ0v) is 21.4. The fourth-order valence-corrected chi connectivity index (χ4v) is 3.37. The highest BCUT2D eigenvalue weighted by atomic mass is 16.6. The maximum absolute atomic E-state index is 6.03. The first-order chi connectivity index (χ1) is 18.7. The summed E-state index contributed by atoms with van der Waals surface area (Å²) in [5.41, 5.74) is 7.17. The molecular weight excluding hydrogens is 494 g/mol. The smallest absolute Gasteiger partial charge is 0.259 e. The first kappa shape index (κ1) is 27.3. The van der Waals surface area contributed by atoms with Gasteiger partial charge in [0.25, 0.3) is 5.78 Å². The van der Waals surface area contributed by atoms with Crippen LogP contribution in [-0.4, -0.2) is 91.1 Å². The second kappa shape index (κ2) is 14.8. The van der Waals surface area contributed by atoms with Crippen LogP contribution in [0.15, 0.2) is 47.1 Å². The van der Waals surface area contributed by atoms with E-state index in [2.05, 4.69) is 25.4 Å². The van der Waals surface area contributed by atoms with Gasteiger partial charge in [0.2, 0.25) is 17.7 Å². The summed E-state index contributed by atoms with van der Waals surface area (Å²) in [6.45, 7) is 4.85. The van der Waals surface area contributed by atoms with Gasteiger partial charge in [-0.2, -0.15) is 19.5 Å². The Bertz CT molecular complexity index is 1220. The number of fused-ring (bicyclic) bond motifs is 1. The van der Waals surface area contributed by atoms with E-state index in [1.54, 1.807) is 25.5 Å². The van der Waals surface area contributed by atoms with Gasteiger partial charge in [-0.05, 0) is 36.2 Å². The summed E-state index contributed by atoms with van der Waals surface area (Å²) in [6, 6.07) is 11.5. The number of hydrogen-bond donors (Lipinski definition) is 2. The molecule has 0 aliphatic heterocycles. The third-order valence-corrected chi connectivity index (χ3v) is 5.27. The van der Waals surface area contributed by atoms with E-state index in [1.165, 1.54) is 4.52 Å². The van der Waals surface area contributed by atoms with Crippen LogP contribution in [0.5, 0.6) is 5.75 Å². The van der Waals surface area contributed by atoms with E-state index in [0.717, 1.165) is 17.7 Å². The number of ether oxygens (including phenoxy) is 5. The van der Waals surface area contributed by atoms with Crippen molar-refractivity contribution < 1.29 is 28.1 Å². The van der Waals surface area contributed by atoms with Crippen LogP contribution in [0.3, 0.4) is 0 Å². The molecule has 3 aromatic heterocycles. The van der Waals surface area contributed by atoms with E-state index >= 15 is 0 Å². The van der Waals surface area contributed by atoms with E-state index in [-0.39, 0.29) is 5.95 Å². The van der Waals surface area contributed by atoms with Crippen molar-refractivity contribution in [2.45, 2.75) is 6.42 Å². The molecule has 4 aromatic rings. The number of nitrogens with two attached hydrogens (primary N) is 1. The SMILES string of the molecule is COCCOCCOCCOCCOc1ccc(CCNc2nc(N)n3nc(-c4ccco4)nc3n2)cc1. The molecule has 0 saturated heterocycles. The van der Waals surface area contributed by atoms with Crippen molar-refractivity contribution in [2.75, 3.05) is 77.6 Å². The molecule has 204 valence electrons. The second-order valence-corrected chi connectivity index (χ2v) is 8.03. The highest BCUT2D eigenvalue weighted by Gasteiger charge is 2.13. The summed E-state index contributed by atoms with van der Waals surface area (Å²) in [7, 11) is 1.64. The predicted octanol–water partition coefficient (Wildman–Crippen LogP) is 2.09. The lowest BCUT2D eigenvalue weighted by Gasteiger charge is -2.09. The Morgan fingerprint density at radius 3 is 2.26 bits per heavy atom. The summed E-state index contributed by atoms with van der Waals surface area (Å²) < 4.78 is 33.6. The summed E-state index contributed by atoms with van der Waals surface area (Å²) in [5.74, 6) is 2.62. The molecule has 0 fully saturated rings. The number of furan rings is 1. The number of nitrogen functional groups attached to an aromatic ring is 1. The summed E-state index contributed by atoms with van der Waals surface area (Å²) in [6.07, 6.45) is 2.32. The Morgan fingerprint density at radius 1 is 0.868 bits per heavy atom. The van der Waals surface area contributed by atoms with Gasteiger partial charge in [0.15, 0.2) is 5.76 Å². The first-order valence-electron chi connectivity index (χ1n) is 12.3. The number of methoxy groups -OCH3 is 1. The number of nitrogens with one attached hydrogen (secondary N) is 1. The normalized spacial score (nSPS) is 11.3. The van der Waals surface area contributed by atoms with Gasteiger partial charge in [-0.15, -0.1) is 5.10 Å². The Labute approximate surface area is 220 Å². The van der Waals surface area contributed by atoms with Crippen LogP contribution in [0, 0.1) is 0 Å². The van der Waals surface area contributed by atoms with E-state index in [0.29, 0.717) is 82.7 Å². The minimum Gasteiger partial charge on any atom is -0.491 e. The third-order valence-electron chi connectivity index (χ3n) is 5.27. The van der Waals surface area contributed by atoms with Crippen molar-refractivity contribution >= 4 is 17.7 Å². The highest BCUT2D eigenvalue weighted by molar-refractivity contribution is 5.52. The lowest BCUT2D eigenvalue weighted by atomic mass is 10.1. The molecule has 1 aromatic carbocycles. The minimum absolute atomic E-state index is 0.184. The molecule has 0 radical (unpaired) electrons. The van der Waals surface area contributed by atoms with Crippen molar-refractivity contribution in [3.05, 3.63) is 48.2 Å². The largest absolute Gasteiger partial charge is 0.491 e. The number of hydrogen-bond acceptors (Lipinski definition) is 12. The molecule has 0 amide bonds. The molecule has 3 heterocycles. The maximum Gasteiger partial charge on any atom is 0.259 e. The van der Waals surface area contributed by atoms with Crippen LogP contribution < -0.4 is 15.8 Å². The monoisotopic (exact) mass is 527 g/mol. The van der Waals surface area contributed by atoms with Gasteiger partial charge < -0.3 is 39.2 Å². The van der Waals surface area contributed by atoms with Crippen molar-refractivity contribution in [2.24, 2.45) is 0 Å². The van der Waals surface area contributed by atoms with Crippen molar-refractivity contribution in [1.29, 1.82) is 0 Å². The van der Waals surface area contributed by atoms with Gasteiger partial charge >= 0.3 is 0 Å². The van der Waals surface area contributed by atoms with Crippen LogP contribution >= 0.6 is 0 Å².